The third-order valence-electron chi connectivity index (χ3n) is 2.87. The van der Waals surface area contributed by atoms with Crippen LogP contribution in [-0.4, -0.2) is 27.8 Å². The van der Waals surface area contributed by atoms with Crippen LogP contribution in [0.15, 0.2) is 36.7 Å². The van der Waals surface area contributed by atoms with Gasteiger partial charge in [-0.1, -0.05) is 12.1 Å². The van der Waals surface area contributed by atoms with Crippen LogP contribution in [0.5, 0.6) is 11.5 Å². The van der Waals surface area contributed by atoms with Gasteiger partial charge in [-0.2, -0.15) is 5.10 Å². The zero-order chi connectivity index (χ0) is 14.5. The number of aryl methyl sites for hydroxylation is 1. The summed E-state index contributed by atoms with van der Waals surface area (Å²) in [5.74, 6) is 0.318. The second-order valence-electron chi connectivity index (χ2n) is 4.21. The molecule has 0 aliphatic heterocycles. The molecule has 0 spiro atoms. The number of methoxy groups -OCH3 is 1. The number of ether oxygens (including phenoxy) is 1. The fraction of sp³-hybridized carbons (Fsp3) is 0.200. The summed E-state index contributed by atoms with van der Waals surface area (Å²) in [6, 6.07) is 4.95. The van der Waals surface area contributed by atoms with Gasteiger partial charge in [-0.3, -0.25) is 9.48 Å². The largest absolute Gasteiger partial charge is 0.504 e. The Balaban J connectivity index is 2.12. The molecule has 1 aromatic heterocycles. The van der Waals surface area contributed by atoms with E-state index in [-0.39, 0.29) is 11.5 Å². The lowest BCUT2D eigenvalue weighted by Gasteiger charge is -2.03. The summed E-state index contributed by atoms with van der Waals surface area (Å²) in [6.07, 6.45) is 6.35. The molecule has 0 aliphatic carbocycles. The Hall–Kier alpha value is -2.56. The van der Waals surface area contributed by atoms with Crippen molar-refractivity contribution in [3.63, 3.8) is 0 Å². The van der Waals surface area contributed by atoms with E-state index in [0.717, 1.165) is 12.1 Å². The summed E-state index contributed by atoms with van der Waals surface area (Å²) in [7, 11) is 1.49. The average Bonchev–Trinajstić information content (AvgIpc) is 2.94. The first kappa shape index (κ1) is 13.9. The maximum absolute atomic E-state index is 11.9. The summed E-state index contributed by atoms with van der Waals surface area (Å²) in [4.78, 5) is 11.9. The first-order valence-electron chi connectivity index (χ1n) is 6.26. The standard InChI is InChI=1S/C15H16N2O3/c1-3-17-10-12(9-16-17)13(18)6-4-11-5-7-15(20-2)14(19)8-11/h4-10,19H,3H2,1-2H3. The summed E-state index contributed by atoms with van der Waals surface area (Å²) in [5, 5.41) is 13.7. The molecule has 0 atom stereocenters. The number of aromatic hydroxyl groups is 1. The van der Waals surface area contributed by atoms with Crippen molar-refractivity contribution in [1.29, 1.82) is 0 Å². The van der Waals surface area contributed by atoms with Gasteiger partial charge in [0.15, 0.2) is 17.3 Å². The van der Waals surface area contributed by atoms with E-state index >= 15 is 0 Å². The predicted octanol–water partition coefficient (Wildman–Crippen LogP) is 2.51. The summed E-state index contributed by atoms with van der Waals surface area (Å²) in [6.45, 7) is 2.68. The molecule has 0 bridgehead atoms. The molecule has 5 heteroatoms. The maximum atomic E-state index is 11.9. The second kappa shape index (κ2) is 6.06. The van der Waals surface area contributed by atoms with Gasteiger partial charge in [0.2, 0.25) is 0 Å². The highest BCUT2D eigenvalue weighted by atomic mass is 16.5. The van der Waals surface area contributed by atoms with Gasteiger partial charge in [-0.25, -0.2) is 0 Å². The SMILES string of the molecule is CCn1cc(C(=O)C=Cc2ccc(OC)c(O)c2)cn1. The molecule has 5 nitrogen and oxygen atoms in total. The number of nitrogens with zero attached hydrogens (tertiary/aromatic N) is 2. The van der Waals surface area contributed by atoms with Crippen LogP contribution in [0.3, 0.4) is 0 Å². The van der Waals surface area contributed by atoms with Crippen LogP contribution in [0.25, 0.3) is 6.08 Å². The van der Waals surface area contributed by atoms with Crippen molar-refractivity contribution < 1.29 is 14.6 Å². The lowest BCUT2D eigenvalue weighted by Crippen LogP contribution is -1.94. The van der Waals surface area contributed by atoms with Gasteiger partial charge in [0, 0.05) is 12.7 Å². The molecule has 0 radical (unpaired) electrons. The Morgan fingerprint density at radius 1 is 1.50 bits per heavy atom. The lowest BCUT2D eigenvalue weighted by molar-refractivity contribution is 0.104. The number of benzene rings is 1. The number of hydrogen-bond donors (Lipinski definition) is 1. The van der Waals surface area contributed by atoms with Gasteiger partial charge in [-0.15, -0.1) is 0 Å². The van der Waals surface area contributed by atoms with E-state index < -0.39 is 0 Å². The number of aromatic nitrogens is 2. The molecular weight excluding hydrogens is 256 g/mol. The van der Waals surface area contributed by atoms with E-state index in [1.54, 1.807) is 35.3 Å². The van der Waals surface area contributed by atoms with Crippen LogP contribution < -0.4 is 4.74 Å². The molecule has 0 unspecified atom stereocenters. The molecule has 0 fully saturated rings. The van der Waals surface area contributed by atoms with Gasteiger partial charge in [-0.05, 0) is 30.7 Å². The number of hydrogen-bond acceptors (Lipinski definition) is 4. The first-order chi connectivity index (χ1) is 9.63. The molecule has 0 amide bonds. The quantitative estimate of drug-likeness (QED) is 0.671. The summed E-state index contributed by atoms with van der Waals surface area (Å²) < 4.78 is 6.65. The van der Waals surface area contributed by atoms with Crippen molar-refractivity contribution in [2.75, 3.05) is 7.11 Å². The molecule has 1 aromatic carbocycles. The van der Waals surface area contributed by atoms with Gasteiger partial charge in [0.1, 0.15) is 0 Å². The van der Waals surface area contributed by atoms with Crippen molar-refractivity contribution >= 4 is 11.9 Å². The van der Waals surface area contributed by atoms with Crippen LogP contribution in [0.2, 0.25) is 0 Å². The number of phenolic OH excluding ortho intramolecular Hbond substituents is 1. The Labute approximate surface area is 117 Å². The third-order valence-corrected chi connectivity index (χ3v) is 2.87. The highest BCUT2D eigenvalue weighted by Crippen LogP contribution is 2.26. The average molecular weight is 272 g/mol. The molecule has 2 aromatic rings. The number of carbonyl (C=O) groups is 1. The number of phenols is 1. The Bertz CT molecular complexity index is 644. The summed E-state index contributed by atoms with van der Waals surface area (Å²) >= 11 is 0. The highest BCUT2D eigenvalue weighted by Gasteiger charge is 2.05. The van der Waals surface area contributed by atoms with E-state index in [1.807, 2.05) is 6.92 Å². The fourth-order valence-electron chi connectivity index (χ4n) is 1.74. The zero-order valence-corrected chi connectivity index (χ0v) is 11.4. The molecular formula is C15H16N2O3. The first-order valence-corrected chi connectivity index (χ1v) is 6.26. The van der Waals surface area contributed by atoms with Crippen LogP contribution in [0.1, 0.15) is 22.8 Å². The highest BCUT2D eigenvalue weighted by molar-refractivity contribution is 6.06. The Morgan fingerprint density at radius 3 is 2.90 bits per heavy atom. The molecule has 104 valence electrons. The van der Waals surface area contributed by atoms with Gasteiger partial charge >= 0.3 is 0 Å². The third kappa shape index (κ3) is 3.06. The minimum Gasteiger partial charge on any atom is -0.504 e. The van der Waals surface area contributed by atoms with Crippen molar-refractivity contribution in [3.8, 4) is 11.5 Å². The van der Waals surface area contributed by atoms with Crippen molar-refractivity contribution in [2.45, 2.75) is 13.5 Å². The molecule has 0 saturated heterocycles. The zero-order valence-electron chi connectivity index (χ0n) is 11.4. The number of allylic oxidation sites excluding steroid dienone is 1. The van der Waals surface area contributed by atoms with Crippen molar-refractivity contribution in [3.05, 3.63) is 47.8 Å². The van der Waals surface area contributed by atoms with Crippen molar-refractivity contribution in [2.24, 2.45) is 0 Å². The van der Waals surface area contributed by atoms with E-state index in [1.165, 1.54) is 19.3 Å². The molecule has 1 N–H and O–H groups in total. The fourth-order valence-corrected chi connectivity index (χ4v) is 1.74. The molecule has 20 heavy (non-hydrogen) atoms. The normalized spacial score (nSPS) is 10.9. The minimum absolute atomic E-state index is 0.0425. The Kier molecular flexibility index (Phi) is 4.20. The maximum Gasteiger partial charge on any atom is 0.189 e. The van der Waals surface area contributed by atoms with Crippen molar-refractivity contribution in [1.82, 2.24) is 9.78 Å². The van der Waals surface area contributed by atoms with E-state index in [0.29, 0.717) is 11.3 Å². The number of rotatable bonds is 5. The monoisotopic (exact) mass is 272 g/mol. The van der Waals surface area contributed by atoms with E-state index in [9.17, 15) is 9.90 Å². The van der Waals surface area contributed by atoms with Gasteiger partial charge in [0.25, 0.3) is 0 Å². The van der Waals surface area contributed by atoms with Crippen LogP contribution >= 0.6 is 0 Å². The molecule has 0 aliphatic rings. The van der Waals surface area contributed by atoms with Crippen LogP contribution in [-0.2, 0) is 6.54 Å². The Morgan fingerprint density at radius 2 is 2.30 bits per heavy atom. The number of carbonyl (C=O) groups excluding carboxylic acids is 1. The van der Waals surface area contributed by atoms with Crippen LogP contribution in [0.4, 0.5) is 0 Å². The van der Waals surface area contributed by atoms with E-state index in [4.69, 9.17) is 4.74 Å². The second-order valence-corrected chi connectivity index (χ2v) is 4.21. The lowest BCUT2D eigenvalue weighted by atomic mass is 10.1. The van der Waals surface area contributed by atoms with E-state index in [2.05, 4.69) is 5.10 Å². The van der Waals surface area contributed by atoms with Gasteiger partial charge in [0.05, 0.1) is 18.9 Å². The number of ketones is 1. The van der Waals surface area contributed by atoms with Gasteiger partial charge < -0.3 is 9.84 Å². The topological polar surface area (TPSA) is 64.3 Å². The van der Waals surface area contributed by atoms with Crippen LogP contribution in [0, 0.1) is 0 Å². The minimum atomic E-state index is -0.125. The molecule has 2 rings (SSSR count). The smallest absolute Gasteiger partial charge is 0.189 e. The summed E-state index contributed by atoms with van der Waals surface area (Å²) in [5.41, 5.74) is 1.26. The molecule has 1 heterocycles. The molecule has 0 saturated carbocycles. The predicted molar refractivity (Wildman–Crippen MR) is 75.9 cm³/mol.